The molecule has 3 rings (SSSR count). The predicted molar refractivity (Wildman–Crippen MR) is 137 cm³/mol. The van der Waals surface area contributed by atoms with E-state index < -0.39 is 10.0 Å². The van der Waals surface area contributed by atoms with Crippen LogP contribution in [0, 0.1) is 20.8 Å². The number of nitrogens with zero attached hydrogens (tertiary/aromatic N) is 1. The summed E-state index contributed by atoms with van der Waals surface area (Å²) >= 11 is 0. The molecule has 1 N–H and O–H groups in total. The predicted octanol–water partition coefficient (Wildman–Crippen LogP) is 4.94. The molecule has 34 heavy (non-hydrogen) atoms. The highest BCUT2D eigenvalue weighted by molar-refractivity contribution is 7.89. The van der Waals surface area contributed by atoms with E-state index in [9.17, 15) is 13.2 Å². The number of nitrogens with one attached hydrogen (secondary N) is 1. The van der Waals surface area contributed by atoms with Gasteiger partial charge in [-0.2, -0.15) is 4.31 Å². The Morgan fingerprint density at radius 3 is 1.97 bits per heavy atom. The van der Waals surface area contributed by atoms with Crippen molar-refractivity contribution in [1.82, 2.24) is 9.62 Å². The molecule has 180 valence electrons. The van der Waals surface area contributed by atoms with Crippen molar-refractivity contribution >= 4 is 15.9 Å². The molecule has 0 bridgehead atoms. The van der Waals surface area contributed by atoms with Crippen LogP contribution in [0.25, 0.3) is 0 Å². The number of carbonyl (C=O) groups is 1. The summed E-state index contributed by atoms with van der Waals surface area (Å²) in [7, 11) is -3.89. The van der Waals surface area contributed by atoms with E-state index in [1.807, 2.05) is 74.5 Å². The number of benzene rings is 3. The van der Waals surface area contributed by atoms with Gasteiger partial charge in [-0.15, -0.1) is 0 Å². The van der Waals surface area contributed by atoms with Gasteiger partial charge in [0.1, 0.15) is 0 Å². The van der Waals surface area contributed by atoms with Gasteiger partial charge < -0.3 is 5.32 Å². The smallest absolute Gasteiger partial charge is 0.244 e. The van der Waals surface area contributed by atoms with Gasteiger partial charge in [0.2, 0.25) is 15.9 Å². The van der Waals surface area contributed by atoms with E-state index >= 15 is 0 Å². The van der Waals surface area contributed by atoms with Crippen molar-refractivity contribution in [2.24, 2.45) is 0 Å². The van der Waals surface area contributed by atoms with Gasteiger partial charge in [0.15, 0.2) is 0 Å². The molecule has 5 nitrogen and oxygen atoms in total. The highest BCUT2D eigenvalue weighted by Crippen LogP contribution is 2.26. The van der Waals surface area contributed by atoms with Gasteiger partial charge in [0.25, 0.3) is 0 Å². The zero-order valence-corrected chi connectivity index (χ0v) is 21.2. The molecule has 0 spiro atoms. The topological polar surface area (TPSA) is 66.5 Å². The lowest BCUT2D eigenvalue weighted by atomic mass is 10.1. The normalized spacial score (nSPS) is 12.5. The molecule has 0 saturated carbocycles. The first kappa shape index (κ1) is 25.7. The number of aryl methyl sites for hydroxylation is 4. The van der Waals surface area contributed by atoms with Crippen molar-refractivity contribution < 1.29 is 13.2 Å². The average molecular weight is 479 g/mol. The van der Waals surface area contributed by atoms with Gasteiger partial charge in [-0.1, -0.05) is 78.4 Å². The lowest BCUT2D eigenvalue weighted by Gasteiger charge is -2.25. The molecule has 0 heterocycles. The summed E-state index contributed by atoms with van der Waals surface area (Å²) in [6.07, 6.45) is 1.62. The number of hydrogen-bond donors (Lipinski definition) is 1. The number of carbonyl (C=O) groups excluding carboxylic acids is 1. The Morgan fingerprint density at radius 1 is 0.882 bits per heavy atom. The Kier molecular flexibility index (Phi) is 8.64. The summed E-state index contributed by atoms with van der Waals surface area (Å²) in [5.41, 5.74) is 4.42. The third-order valence-corrected chi connectivity index (χ3v) is 7.94. The SMILES string of the molecule is Cc1cc(C)c(S(=O)(=O)N(CC(=O)N[C@@H](C)CCc2ccccc2)Cc2ccccc2)c(C)c1. The van der Waals surface area contributed by atoms with Crippen LogP contribution in [0.5, 0.6) is 0 Å². The fraction of sp³-hybridized carbons (Fsp3) is 0.321. The van der Waals surface area contributed by atoms with Gasteiger partial charge >= 0.3 is 0 Å². The Balaban J connectivity index is 1.78. The molecule has 1 atom stereocenters. The van der Waals surface area contributed by atoms with E-state index in [1.54, 1.807) is 13.8 Å². The Bertz CT molecular complexity index is 1190. The Morgan fingerprint density at radius 2 is 1.41 bits per heavy atom. The molecule has 0 saturated heterocycles. The van der Waals surface area contributed by atoms with Gasteiger partial charge in [0, 0.05) is 12.6 Å². The molecule has 0 fully saturated rings. The highest BCUT2D eigenvalue weighted by atomic mass is 32.2. The zero-order valence-electron chi connectivity index (χ0n) is 20.4. The largest absolute Gasteiger partial charge is 0.352 e. The van der Waals surface area contributed by atoms with E-state index in [0.29, 0.717) is 11.1 Å². The monoisotopic (exact) mass is 478 g/mol. The second kappa shape index (κ2) is 11.4. The van der Waals surface area contributed by atoms with Crippen molar-refractivity contribution in [3.8, 4) is 0 Å². The summed E-state index contributed by atoms with van der Waals surface area (Å²) < 4.78 is 28.8. The van der Waals surface area contributed by atoms with Crippen LogP contribution in [0.3, 0.4) is 0 Å². The van der Waals surface area contributed by atoms with Crippen LogP contribution in [0.1, 0.15) is 41.2 Å². The second-order valence-corrected chi connectivity index (χ2v) is 10.9. The third-order valence-electron chi connectivity index (χ3n) is 5.84. The zero-order chi connectivity index (χ0) is 24.7. The van der Waals surface area contributed by atoms with Gasteiger partial charge in [0.05, 0.1) is 11.4 Å². The first-order valence-electron chi connectivity index (χ1n) is 11.6. The fourth-order valence-corrected chi connectivity index (χ4v) is 6.09. The average Bonchev–Trinajstić information content (AvgIpc) is 2.77. The summed E-state index contributed by atoms with van der Waals surface area (Å²) in [6, 6.07) is 23.1. The van der Waals surface area contributed by atoms with E-state index in [4.69, 9.17) is 0 Å². The van der Waals surface area contributed by atoms with E-state index in [0.717, 1.165) is 24.0 Å². The van der Waals surface area contributed by atoms with E-state index in [1.165, 1.54) is 9.87 Å². The fourth-order valence-electron chi connectivity index (χ4n) is 4.30. The van der Waals surface area contributed by atoms with Crippen molar-refractivity contribution in [3.63, 3.8) is 0 Å². The molecule has 1 amide bonds. The summed E-state index contributed by atoms with van der Waals surface area (Å²) in [5.74, 6) is -0.303. The molecule has 0 aliphatic carbocycles. The summed E-state index contributed by atoms with van der Waals surface area (Å²) in [4.78, 5) is 13.2. The van der Waals surface area contributed by atoms with Gasteiger partial charge in [-0.05, 0) is 62.8 Å². The van der Waals surface area contributed by atoms with Crippen molar-refractivity contribution in [1.29, 1.82) is 0 Å². The molecule has 6 heteroatoms. The maximum absolute atomic E-state index is 13.8. The molecule has 0 aliphatic rings. The molecule has 0 aliphatic heterocycles. The Hall–Kier alpha value is -2.96. The van der Waals surface area contributed by atoms with Crippen LogP contribution in [-0.4, -0.2) is 31.2 Å². The van der Waals surface area contributed by atoms with E-state index in [2.05, 4.69) is 17.4 Å². The molecule has 3 aromatic rings. The van der Waals surface area contributed by atoms with Crippen LogP contribution < -0.4 is 5.32 Å². The first-order valence-corrected chi connectivity index (χ1v) is 13.1. The number of rotatable bonds is 10. The summed E-state index contributed by atoms with van der Waals surface area (Å²) in [6.45, 7) is 7.40. The number of sulfonamides is 1. The Labute approximate surface area is 203 Å². The van der Waals surface area contributed by atoms with Crippen LogP contribution in [0.4, 0.5) is 0 Å². The third kappa shape index (κ3) is 6.78. The minimum Gasteiger partial charge on any atom is -0.352 e. The lowest BCUT2D eigenvalue weighted by Crippen LogP contribution is -2.43. The second-order valence-electron chi connectivity index (χ2n) is 8.98. The van der Waals surface area contributed by atoms with Gasteiger partial charge in [-0.3, -0.25) is 4.79 Å². The highest BCUT2D eigenvalue weighted by Gasteiger charge is 2.30. The number of amides is 1. The molecule has 0 radical (unpaired) electrons. The molecule has 0 aromatic heterocycles. The lowest BCUT2D eigenvalue weighted by molar-refractivity contribution is -0.122. The van der Waals surface area contributed by atoms with Crippen LogP contribution >= 0.6 is 0 Å². The standard InChI is InChI=1S/C28H34N2O3S/c1-21-17-22(2)28(23(3)18-21)34(32,33)30(19-26-13-9-6-10-14-26)20-27(31)29-24(4)15-16-25-11-7-5-8-12-25/h5-14,17-18,24H,15-16,19-20H2,1-4H3,(H,29,31)/t24-/m0/s1. The first-order chi connectivity index (χ1) is 16.2. The molecular formula is C28H34N2O3S. The quantitative estimate of drug-likeness (QED) is 0.449. The molecule has 3 aromatic carbocycles. The van der Waals surface area contributed by atoms with Gasteiger partial charge in [-0.25, -0.2) is 8.42 Å². The number of hydrogen-bond acceptors (Lipinski definition) is 3. The van der Waals surface area contributed by atoms with Crippen LogP contribution in [0.2, 0.25) is 0 Å². The van der Waals surface area contributed by atoms with Crippen molar-refractivity contribution in [2.45, 2.75) is 58.0 Å². The van der Waals surface area contributed by atoms with Crippen molar-refractivity contribution in [2.75, 3.05) is 6.54 Å². The minimum absolute atomic E-state index is 0.0724. The molecule has 0 unspecified atom stereocenters. The minimum atomic E-state index is -3.89. The maximum atomic E-state index is 13.8. The summed E-state index contributed by atoms with van der Waals surface area (Å²) in [5, 5.41) is 2.98. The van der Waals surface area contributed by atoms with Crippen LogP contribution in [-0.2, 0) is 27.8 Å². The van der Waals surface area contributed by atoms with Crippen molar-refractivity contribution in [3.05, 3.63) is 101 Å². The molecular weight excluding hydrogens is 444 g/mol. The van der Waals surface area contributed by atoms with E-state index in [-0.39, 0.29) is 29.9 Å². The van der Waals surface area contributed by atoms with Crippen LogP contribution in [0.15, 0.2) is 77.7 Å². The maximum Gasteiger partial charge on any atom is 0.244 e.